The molecule has 1 amide bonds. The Kier molecular flexibility index (Phi) is 11.8. The number of carbonyl (C=O) groups is 1. The van der Waals surface area contributed by atoms with Gasteiger partial charge in [0.25, 0.3) is 0 Å². The van der Waals surface area contributed by atoms with Gasteiger partial charge in [0.1, 0.15) is 17.9 Å². The Morgan fingerprint density at radius 2 is 1.83 bits per heavy atom. The van der Waals surface area contributed by atoms with Crippen molar-refractivity contribution in [2.24, 2.45) is 5.92 Å². The van der Waals surface area contributed by atoms with E-state index in [-0.39, 0.29) is 36.3 Å². The average molecular weight is 626 g/mol. The van der Waals surface area contributed by atoms with E-state index < -0.39 is 48.3 Å². The molecular formula is C27H36N3O10PS. The van der Waals surface area contributed by atoms with E-state index in [2.05, 4.69) is 17.2 Å². The normalized spacial score (nSPS) is 16.9. The summed E-state index contributed by atoms with van der Waals surface area (Å²) in [6.07, 6.45) is -3.03. The number of benzene rings is 2. The molecule has 0 aliphatic carbocycles. The highest BCUT2D eigenvalue weighted by atomic mass is 32.2. The fraction of sp³-hybridized carbons (Fsp3) is 0.444. The maximum atomic E-state index is 13.5. The number of nitrogen functional groups attached to an aromatic ring is 1. The van der Waals surface area contributed by atoms with Gasteiger partial charge in [-0.15, -0.1) is 0 Å². The second-order valence-electron chi connectivity index (χ2n) is 10.1. The van der Waals surface area contributed by atoms with Crippen LogP contribution in [0.4, 0.5) is 10.5 Å². The van der Waals surface area contributed by atoms with Crippen LogP contribution in [0.5, 0.6) is 5.75 Å². The van der Waals surface area contributed by atoms with E-state index in [9.17, 15) is 22.9 Å². The fourth-order valence-electron chi connectivity index (χ4n) is 3.88. The molecule has 3 rings (SSSR count). The first-order valence-corrected chi connectivity index (χ1v) is 16.3. The summed E-state index contributed by atoms with van der Waals surface area (Å²) < 4.78 is 54.7. The number of alkyl carbamates (subject to hydrolysis) is 1. The van der Waals surface area contributed by atoms with Gasteiger partial charge in [-0.1, -0.05) is 25.7 Å². The summed E-state index contributed by atoms with van der Waals surface area (Å²) in [5, 5.41) is 13.7. The summed E-state index contributed by atoms with van der Waals surface area (Å²) >= 11 is 0. The molecule has 0 saturated carbocycles. The van der Waals surface area contributed by atoms with Crippen molar-refractivity contribution in [1.29, 1.82) is 0 Å². The van der Waals surface area contributed by atoms with Gasteiger partial charge in [0.15, 0.2) is 6.35 Å². The van der Waals surface area contributed by atoms with Crippen molar-refractivity contribution < 1.29 is 46.9 Å². The number of aliphatic hydroxyl groups is 1. The van der Waals surface area contributed by atoms with E-state index in [1.165, 1.54) is 48.5 Å². The molecule has 2 aromatic rings. The van der Waals surface area contributed by atoms with Crippen molar-refractivity contribution >= 4 is 29.4 Å². The van der Waals surface area contributed by atoms with Gasteiger partial charge < -0.3 is 40.2 Å². The van der Waals surface area contributed by atoms with Crippen molar-refractivity contribution in [1.82, 2.24) is 9.62 Å². The van der Waals surface area contributed by atoms with Crippen LogP contribution in [0.2, 0.25) is 0 Å². The lowest BCUT2D eigenvalue weighted by Crippen LogP contribution is -2.50. The third kappa shape index (κ3) is 10.6. The zero-order chi connectivity index (χ0) is 30.9. The van der Waals surface area contributed by atoms with Crippen molar-refractivity contribution in [2.45, 2.75) is 43.4 Å². The number of hydrogen-bond donors (Lipinski definition) is 5. The highest BCUT2D eigenvalue weighted by Crippen LogP contribution is 2.34. The molecule has 6 N–H and O–H groups in total. The molecule has 15 heteroatoms. The van der Waals surface area contributed by atoms with Crippen LogP contribution in [-0.4, -0.2) is 84.6 Å². The van der Waals surface area contributed by atoms with Crippen molar-refractivity contribution in [2.75, 3.05) is 38.4 Å². The summed E-state index contributed by atoms with van der Waals surface area (Å²) in [5.41, 5.74) is 6.55. The summed E-state index contributed by atoms with van der Waals surface area (Å²) in [4.78, 5) is 30.6. The number of rotatable bonds is 12. The fourth-order valence-corrected chi connectivity index (χ4v) is 5.82. The van der Waals surface area contributed by atoms with Gasteiger partial charge in [-0.3, -0.25) is 4.57 Å². The molecule has 13 nitrogen and oxygen atoms in total. The Morgan fingerprint density at radius 3 is 2.40 bits per heavy atom. The predicted molar refractivity (Wildman–Crippen MR) is 154 cm³/mol. The van der Waals surface area contributed by atoms with Crippen molar-refractivity contribution in [3.05, 3.63) is 54.1 Å². The smallest absolute Gasteiger partial charge is 0.408 e. The number of sulfonamides is 1. The number of nitrogens with zero attached hydrogens (tertiary/aromatic N) is 1. The minimum atomic E-state index is -4.35. The molecule has 0 radical (unpaired) electrons. The standard InChI is InChI=1S/C27H36N3O10PS/c1-19(2)15-30(42(36,37)24-10-6-21(28)7-11-24)16-26(31)25(29-27(32)40-23-13-14-38-17-23)12-5-20-3-8-22(9-4-20)39-18-41(33,34)35/h3-4,6-11,19,23,25-26,31H,13-18,28H2,1-2H3,(H,29,32)(H2,33,34,35)/t23-,25-,26+/m0/s1. The van der Waals surface area contributed by atoms with Crippen LogP contribution < -0.4 is 15.8 Å². The molecule has 1 fully saturated rings. The minimum absolute atomic E-state index is 0.00171. The number of hydrogen-bond acceptors (Lipinski definition) is 9. The molecule has 1 saturated heterocycles. The van der Waals surface area contributed by atoms with Crippen LogP contribution in [0.25, 0.3) is 0 Å². The Hall–Kier alpha value is -3.15. The molecule has 42 heavy (non-hydrogen) atoms. The number of anilines is 1. The molecule has 1 aliphatic rings. The minimum Gasteiger partial charge on any atom is -0.481 e. The van der Waals surface area contributed by atoms with Gasteiger partial charge in [-0.05, 0) is 54.4 Å². The Labute approximate surface area is 245 Å². The lowest BCUT2D eigenvalue weighted by atomic mass is 10.1. The van der Waals surface area contributed by atoms with Crippen LogP contribution in [0.15, 0.2) is 53.4 Å². The number of nitrogens with one attached hydrogen (secondary N) is 1. The van der Waals surface area contributed by atoms with Gasteiger partial charge in [0.2, 0.25) is 10.0 Å². The van der Waals surface area contributed by atoms with Crippen LogP contribution in [0, 0.1) is 17.8 Å². The number of aliphatic hydroxyl groups excluding tert-OH is 1. The topological polar surface area (TPSA) is 198 Å². The number of nitrogens with two attached hydrogens (primary N) is 1. The van der Waals surface area contributed by atoms with Gasteiger partial charge in [0.05, 0.1) is 24.2 Å². The van der Waals surface area contributed by atoms with Crippen LogP contribution in [-0.2, 0) is 24.1 Å². The summed E-state index contributed by atoms with van der Waals surface area (Å²) in [5.74, 6) is 5.72. The Bertz CT molecular complexity index is 1400. The summed E-state index contributed by atoms with van der Waals surface area (Å²) in [7, 11) is -8.39. The van der Waals surface area contributed by atoms with E-state index in [0.717, 1.165) is 4.31 Å². The molecule has 0 unspecified atom stereocenters. The van der Waals surface area contributed by atoms with Gasteiger partial charge in [-0.25, -0.2) is 13.2 Å². The third-order valence-electron chi connectivity index (χ3n) is 5.92. The zero-order valence-electron chi connectivity index (χ0n) is 23.3. The van der Waals surface area contributed by atoms with E-state index in [4.69, 9.17) is 29.7 Å². The second kappa shape index (κ2) is 14.8. The van der Waals surface area contributed by atoms with Gasteiger partial charge in [-0.2, -0.15) is 4.31 Å². The maximum Gasteiger partial charge on any atom is 0.408 e. The van der Waals surface area contributed by atoms with Gasteiger partial charge >= 0.3 is 13.7 Å². The average Bonchev–Trinajstić information content (AvgIpc) is 3.42. The van der Waals surface area contributed by atoms with Crippen molar-refractivity contribution in [3.63, 3.8) is 0 Å². The van der Waals surface area contributed by atoms with Gasteiger partial charge in [0, 0.05) is 30.8 Å². The lowest BCUT2D eigenvalue weighted by Gasteiger charge is -2.28. The molecule has 2 aromatic carbocycles. The highest BCUT2D eigenvalue weighted by Gasteiger charge is 2.31. The summed E-state index contributed by atoms with van der Waals surface area (Å²) in [6.45, 7) is 4.06. The van der Waals surface area contributed by atoms with Crippen molar-refractivity contribution in [3.8, 4) is 17.6 Å². The van der Waals surface area contributed by atoms with E-state index in [0.29, 0.717) is 24.3 Å². The first-order chi connectivity index (χ1) is 19.7. The quantitative estimate of drug-likeness (QED) is 0.131. The lowest BCUT2D eigenvalue weighted by molar-refractivity contribution is 0.0714. The molecule has 0 spiro atoms. The second-order valence-corrected chi connectivity index (χ2v) is 13.6. The summed E-state index contributed by atoms with van der Waals surface area (Å²) in [6, 6.07) is 10.4. The van der Waals surface area contributed by atoms with E-state index in [1.54, 1.807) is 0 Å². The number of carbonyl (C=O) groups excluding carboxylic acids is 1. The van der Waals surface area contributed by atoms with Crippen LogP contribution in [0.3, 0.4) is 0 Å². The van der Waals surface area contributed by atoms with Crippen LogP contribution >= 0.6 is 7.60 Å². The largest absolute Gasteiger partial charge is 0.481 e. The Morgan fingerprint density at radius 1 is 1.17 bits per heavy atom. The molecule has 1 heterocycles. The first-order valence-electron chi connectivity index (χ1n) is 13.1. The molecule has 0 bridgehead atoms. The van der Waals surface area contributed by atoms with Crippen LogP contribution in [0.1, 0.15) is 25.8 Å². The molecule has 1 aliphatic heterocycles. The number of ether oxygens (including phenoxy) is 3. The number of amides is 1. The highest BCUT2D eigenvalue weighted by molar-refractivity contribution is 7.89. The van der Waals surface area contributed by atoms with E-state index >= 15 is 0 Å². The molecular weight excluding hydrogens is 589 g/mol. The maximum absolute atomic E-state index is 13.5. The SMILES string of the molecule is CC(C)CN(C[C@@H](O)[C@H](C#Cc1ccc(OCP(=O)(O)O)cc1)NC(=O)O[C@H]1CCOC1)S(=O)(=O)c1ccc(N)cc1. The molecule has 3 atom stereocenters. The zero-order valence-corrected chi connectivity index (χ0v) is 25.0. The molecule has 0 aromatic heterocycles. The molecule has 230 valence electrons. The third-order valence-corrected chi connectivity index (χ3v) is 8.23. The Balaban J connectivity index is 1.83. The predicted octanol–water partition coefficient (Wildman–Crippen LogP) is 1.73. The monoisotopic (exact) mass is 625 g/mol. The first kappa shape index (κ1) is 33.4. The van der Waals surface area contributed by atoms with E-state index in [1.807, 2.05) is 13.8 Å².